The first-order valence-electron chi connectivity index (χ1n) is 13.1. The number of aliphatic hydroxyl groups excluding tert-OH is 1. The molecule has 1 aromatic heterocycles. The van der Waals surface area contributed by atoms with Gasteiger partial charge < -0.3 is 20.2 Å². The lowest BCUT2D eigenvalue weighted by molar-refractivity contribution is 0.0783. The molecular formula is C30H36N4O2. The number of nitrogens with zero attached hydrogens (tertiary/aromatic N) is 3. The summed E-state index contributed by atoms with van der Waals surface area (Å²) >= 11 is 0. The van der Waals surface area contributed by atoms with E-state index in [0.717, 1.165) is 49.4 Å². The van der Waals surface area contributed by atoms with E-state index in [4.69, 9.17) is 4.98 Å². The van der Waals surface area contributed by atoms with Gasteiger partial charge in [-0.2, -0.15) is 0 Å². The van der Waals surface area contributed by atoms with Crippen LogP contribution in [0, 0.1) is 0 Å². The topological polar surface area (TPSA) is 68.7 Å². The number of carbonyl (C=O) groups is 1. The monoisotopic (exact) mass is 484 g/mol. The van der Waals surface area contributed by atoms with E-state index in [9.17, 15) is 9.90 Å². The van der Waals surface area contributed by atoms with Crippen LogP contribution in [0.15, 0.2) is 72.8 Å². The standard InChI is InChI=1S/C30H36N4O2/c1-33(21-26-10-7-11-28(32-26)34-18-5-6-19-34)30(36)24-14-12-22(13-15-24)20-25-16-17-27(31-25)29(35)23-8-3-2-4-9-23/h2-4,7-15,25,27,29,31,35H,5-6,16-21H2,1H3/t25-,27+,29+/m0/s1. The van der Waals surface area contributed by atoms with Gasteiger partial charge in [-0.25, -0.2) is 4.98 Å². The van der Waals surface area contributed by atoms with Gasteiger partial charge in [-0.3, -0.25) is 4.79 Å². The van der Waals surface area contributed by atoms with E-state index in [1.54, 1.807) is 4.90 Å². The fourth-order valence-corrected chi connectivity index (χ4v) is 5.42. The van der Waals surface area contributed by atoms with Gasteiger partial charge in [0.05, 0.1) is 18.3 Å². The van der Waals surface area contributed by atoms with Crippen LogP contribution in [0.1, 0.15) is 59.0 Å². The molecule has 3 heterocycles. The lowest BCUT2D eigenvalue weighted by atomic mass is 10.0. The summed E-state index contributed by atoms with van der Waals surface area (Å²) in [6.07, 6.45) is 4.81. The zero-order chi connectivity index (χ0) is 24.9. The largest absolute Gasteiger partial charge is 0.387 e. The first-order valence-corrected chi connectivity index (χ1v) is 13.1. The van der Waals surface area contributed by atoms with Crippen LogP contribution in [-0.2, 0) is 13.0 Å². The minimum atomic E-state index is -0.489. The van der Waals surface area contributed by atoms with Crippen LogP contribution < -0.4 is 10.2 Å². The molecule has 2 aliphatic heterocycles. The van der Waals surface area contributed by atoms with Crippen LogP contribution in [0.3, 0.4) is 0 Å². The Labute approximate surface area is 214 Å². The van der Waals surface area contributed by atoms with Crippen molar-refractivity contribution in [3.63, 3.8) is 0 Å². The molecule has 0 saturated carbocycles. The smallest absolute Gasteiger partial charge is 0.253 e. The molecule has 0 radical (unpaired) electrons. The Morgan fingerprint density at radius 3 is 2.53 bits per heavy atom. The van der Waals surface area contributed by atoms with Crippen molar-refractivity contribution in [1.29, 1.82) is 0 Å². The minimum absolute atomic E-state index is 0.0000330. The Hall–Kier alpha value is -3.22. The zero-order valence-electron chi connectivity index (χ0n) is 21.0. The summed E-state index contributed by atoms with van der Waals surface area (Å²) < 4.78 is 0. The number of aromatic nitrogens is 1. The molecule has 0 bridgehead atoms. The fourth-order valence-electron chi connectivity index (χ4n) is 5.42. The molecule has 2 saturated heterocycles. The molecule has 5 rings (SSSR count). The van der Waals surface area contributed by atoms with Crippen LogP contribution in [0.5, 0.6) is 0 Å². The van der Waals surface area contributed by atoms with Gasteiger partial charge in [0.1, 0.15) is 5.82 Å². The highest BCUT2D eigenvalue weighted by atomic mass is 16.3. The first-order chi connectivity index (χ1) is 17.6. The number of aliphatic hydroxyl groups is 1. The van der Waals surface area contributed by atoms with Crippen molar-refractivity contribution in [2.45, 2.75) is 56.8 Å². The number of hydrogen-bond donors (Lipinski definition) is 2. The van der Waals surface area contributed by atoms with Crippen LogP contribution in [-0.4, -0.2) is 53.1 Å². The van der Waals surface area contributed by atoms with Gasteiger partial charge in [-0.05, 0) is 67.5 Å². The highest BCUT2D eigenvalue weighted by Gasteiger charge is 2.30. The third kappa shape index (κ3) is 5.77. The SMILES string of the molecule is CN(Cc1cccc(N2CCCC2)n1)C(=O)c1ccc(C[C@@H]2CC[C@H]([C@H](O)c3ccccc3)N2)cc1. The second-order valence-electron chi connectivity index (χ2n) is 10.1. The Morgan fingerprint density at radius 1 is 1.03 bits per heavy atom. The Balaban J connectivity index is 1.14. The highest BCUT2D eigenvalue weighted by molar-refractivity contribution is 5.94. The molecule has 3 atom stereocenters. The van der Waals surface area contributed by atoms with Crippen LogP contribution >= 0.6 is 0 Å². The summed E-state index contributed by atoms with van der Waals surface area (Å²) in [4.78, 5) is 21.9. The van der Waals surface area contributed by atoms with Gasteiger partial charge in [0.25, 0.3) is 5.91 Å². The Morgan fingerprint density at radius 2 is 1.78 bits per heavy atom. The first kappa shape index (κ1) is 24.5. The fraction of sp³-hybridized carbons (Fsp3) is 0.400. The molecule has 0 spiro atoms. The number of amides is 1. The molecule has 2 N–H and O–H groups in total. The van der Waals surface area contributed by atoms with E-state index in [-0.39, 0.29) is 11.9 Å². The summed E-state index contributed by atoms with van der Waals surface area (Å²) in [5, 5.41) is 14.3. The van der Waals surface area contributed by atoms with Crippen LogP contribution in [0.25, 0.3) is 0 Å². The van der Waals surface area contributed by atoms with Crippen molar-refractivity contribution in [2.75, 3.05) is 25.0 Å². The Kier molecular flexibility index (Phi) is 7.63. The maximum absolute atomic E-state index is 13.0. The molecule has 1 amide bonds. The average molecular weight is 485 g/mol. The number of nitrogens with one attached hydrogen (secondary N) is 1. The van der Waals surface area contributed by atoms with Crippen molar-refractivity contribution in [3.8, 4) is 0 Å². The van der Waals surface area contributed by atoms with Crippen molar-refractivity contribution in [3.05, 3.63) is 95.2 Å². The molecular weight excluding hydrogens is 448 g/mol. The zero-order valence-corrected chi connectivity index (χ0v) is 21.0. The quantitative estimate of drug-likeness (QED) is 0.498. The number of anilines is 1. The van der Waals surface area contributed by atoms with Crippen molar-refractivity contribution in [1.82, 2.24) is 15.2 Å². The van der Waals surface area contributed by atoms with Crippen molar-refractivity contribution >= 4 is 11.7 Å². The van der Waals surface area contributed by atoms with E-state index in [1.807, 2.05) is 61.6 Å². The van der Waals surface area contributed by atoms with Crippen LogP contribution in [0.4, 0.5) is 5.82 Å². The van der Waals surface area contributed by atoms with Crippen molar-refractivity contribution in [2.24, 2.45) is 0 Å². The van der Waals surface area contributed by atoms with Gasteiger partial charge in [0, 0.05) is 37.8 Å². The number of benzene rings is 2. The van der Waals surface area contributed by atoms with Gasteiger partial charge in [0.2, 0.25) is 0 Å². The molecule has 0 unspecified atom stereocenters. The molecule has 2 aliphatic rings. The van der Waals surface area contributed by atoms with Crippen molar-refractivity contribution < 1.29 is 9.90 Å². The van der Waals surface area contributed by atoms with E-state index < -0.39 is 6.10 Å². The highest BCUT2D eigenvalue weighted by Crippen LogP contribution is 2.27. The van der Waals surface area contributed by atoms with Gasteiger partial charge in [-0.15, -0.1) is 0 Å². The summed E-state index contributed by atoms with van der Waals surface area (Å²) in [6.45, 7) is 2.60. The Bertz CT molecular complexity index is 1150. The number of rotatable bonds is 8. The number of hydrogen-bond acceptors (Lipinski definition) is 5. The van der Waals surface area contributed by atoms with Gasteiger partial charge in [0.15, 0.2) is 0 Å². The maximum atomic E-state index is 13.0. The minimum Gasteiger partial charge on any atom is -0.387 e. The summed E-state index contributed by atoms with van der Waals surface area (Å²) in [7, 11) is 1.83. The molecule has 3 aromatic rings. The molecule has 36 heavy (non-hydrogen) atoms. The summed E-state index contributed by atoms with van der Waals surface area (Å²) in [5.74, 6) is 1.01. The van der Waals surface area contributed by atoms with Gasteiger partial charge in [-0.1, -0.05) is 48.5 Å². The number of pyridine rings is 1. The lowest BCUT2D eigenvalue weighted by Crippen LogP contribution is -2.35. The van der Waals surface area contributed by atoms with E-state index >= 15 is 0 Å². The third-order valence-electron chi connectivity index (χ3n) is 7.45. The van der Waals surface area contributed by atoms with E-state index in [1.165, 1.54) is 18.4 Å². The normalized spacial score (nSPS) is 20.4. The predicted octanol–water partition coefficient (Wildman–Crippen LogP) is 4.35. The molecule has 2 aromatic carbocycles. The van der Waals surface area contributed by atoms with E-state index in [2.05, 4.69) is 28.4 Å². The van der Waals surface area contributed by atoms with Crippen LogP contribution in [0.2, 0.25) is 0 Å². The molecule has 2 fully saturated rings. The average Bonchev–Trinajstić information content (AvgIpc) is 3.62. The molecule has 188 valence electrons. The lowest BCUT2D eigenvalue weighted by Gasteiger charge is -2.21. The summed E-state index contributed by atoms with van der Waals surface area (Å²) in [5.41, 5.74) is 3.75. The number of carbonyl (C=O) groups excluding carboxylic acids is 1. The van der Waals surface area contributed by atoms with Gasteiger partial charge >= 0.3 is 0 Å². The molecule has 6 nitrogen and oxygen atoms in total. The molecule has 0 aliphatic carbocycles. The molecule has 6 heteroatoms. The second kappa shape index (κ2) is 11.2. The van der Waals surface area contributed by atoms with E-state index in [0.29, 0.717) is 18.2 Å². The second-order valence-corrected chi connectivity index (χ2v) is 10.1. The predicted molar refractivity (Wildman–Crippen MR) is 143 cm³/mol. The summed E-state index contributed by atoms with van der Waals surface area (Å²) in [6, 6.07) is 24.3. The third-order valence-corrected chi connectivity index (χ3v) is 7.45. The maximum Gasteiger partial charge on any atom is 0.253 e.